The van der Waals surface area contributed by atoms with Gasteiger partial charge in [-0.1, -0.05) is 11.6 Å². The fourth-order valence-electron chi connectivity index (χ4n) is 2.07. The van der Waals surface area contributed by atoms with Crippen molar-refractivity contribution in [1.82, 2.24) is 15.6 Å². The summed E-state index contributed by atoms with van der Waals surface area (Å²) in [5, 5.41) is 5.97. The predicted molar refractivity (Wildman–Crippen MR) is 73.8 cm³/mol. The molecule has 2 heterocycles. The average Bonchev–Trinajstić information content (AvgIpc) is 2.47. The Morgan fingerprint density at radius 2 is 2.23 bits per heavy atom. The normalized spacial score (nSPS) is 20.5. The van der Waals surface area contributed by atoms with Gasteiger partial charge in [-0.25, -0.2) is 9.78 Å². The number of hydrogen-bond donors (Lipinski definition) is 2. The van der Waals surface area contributed by atoms with E-state index in [1.165, 1.54) is 0 Å². The van der Waals surface area contributed by atoms with Gasteiger partial charge in [0.15, 0.2) is 0 Å². The van der Waals surface area contributed by atoms with Gasteiger partial charge >= 0.3 is 12.1 Å². The van der Waals surface area contributed by atoms with Gasteiger partial charge in [-0.05, 0) is 13.0 Å². The molecule has 1 aliphatic heterocycles. The molecule has 2 rings (SSSR count). The van der Waals surface area contributed by atoms with Gasteiger partial charge in [-0.2, -0.15) is 13.2 Å². The zero-order valence-corrected chi connectivity index (χ0v) is 12.5. The Hall–Kier alpha value is -1.38. The number of carbonyl (C=O) groups is 1. The number of nitrogens with one attached hydrogen (secondary N) is 2. The maximum absolute atomic E-state index is 12.7. The first kappa shape index (κ1) is 17.0. The molecule has 1 fully saturated rings. The highest BCUT2D eigenvalue weighted by molar-refractivity contribution is 6.32. The summed E-state index contributed by atoms with van der Waals surface area (Å²) in [7, 11) is 0. The van der Waals surface area contributed by atoms with Gasteiger partial charge in [-0.15, -0.1) is 0 Å². The fourth-order valence-corrected chi connectivity index (χ4v) is 2.25. The lowest BCUT2D eigenvalue weighted by atomic mass is 10.1. The third-order valence-electron chi connectivity index (χ3n) is 3.32. The first-order valence-electron chi connectivity index (χ1n) is 6.67. The zero-order chi connectivity index (χ0) is 16.3. The second-order valence-electron chi connectivity index (χ2n) is 4.94. The Kier molecular flexibility index (Phi) is 5.25. The summed E-state index contributed by atoms with van der Waals surface area (Å²) in [4.78, 5) is 15.4. The lowest BCUT2D eigenvalue weighted by Gasteiger charge is -2.29. The van der Waals surface area contributed by atoms with Crippen molar-refractivity contribution in [1.29, 1.82) is 0 Å². The third-order valence-corrected chi connectivity index (χ3v) is 3.62. The average molecular weight is 338 g/mol. The molecule has 1 aromatic rings. The molecule has 0 radical (unpaired) electrons. The van der Waals surface area contributed by atoms with Crippen molar-refractivity contribution >= 4 is 17.6 Å². The van der Waals surface area contributed by atoms with E-state index in [9.17, 15) is 18.0 Å². The number of hydrogen-bond acceptors (Lipinski definition) is 5. The van der Waals surface area contributed by atoms with Crippen LogP contribution in [0.3, 0.4) is 0 Å². The minimum atomic E-state index is -4.60. The van der Waals surface area contributed by atoms with Crippen molar-refractivity contribution in [2.24, 2.45) is 0 Å². The van der Waals surface area contributed by atoms with Crippen molar-refractivity contribution in [3.63, 3.8) is 0 Å². The van der Waals surface area contributed by atoms with E-state index in [1.807, 2.05) is 0 Å². The van der Waals surface area contributed by atoms with Gasteiger partial charge in [0.05, 0.1) is 17.2 Å². The Labute approximate surface area is 130 Å². The molecule has 2 N–H and O–H groups in total. The van der Waals surface area contributed by atoms with E-state index in [-0.39, 0.29) is 11.2 Å². The lowest BCUT2D eigenvalue weighted by molar-refractivity contribution is -0.137. The van der Waals surface area contributed by atoms with Crippen molar-refractivity contribution < 1.29 is 22.7 Å². The number of pyridine rings is 1. The number of aromatic nitrogens is 1. The molecule has 1 aliphatic rings. The molecule has 0 bridgehead atoms. The van der Waals surface area contributed by atoms with Crippen LogP contribution >= 0.6 is 11.6 Å². The van der Waals surface area contributed by atoms with E-state index >= 15 is 0 Å². The standard InChI is InChI=1S/C13H15ClF3N3O2/c1-7(10-6-18-2-3-19-10)22-12(21)9-4-8(13(15,16)17)5-20-11(9)14/h4-5,7,10,18-19H,2-3,6H2,1H3/t7?,10-/m1/s1. The molecule has 0 aromatic carbocycles. The van der Waals surface area contributed by atoms with Crippen LogP contribution in [-0.2, 0) is 10.9 Å². The molecule has 122 valence electrons. The number of esters is 1. The van der Waals surface area contributed by atoms with Gasteiger partial charge in [0.1, 0.15) is 11.3 Å². The number of ether oxygens (including phenoxy) is 1. The molecule has 0 amide bonds. The van der Waals surface area contributed by atoms with Gasteiger partial charge in [0, 0.05) is 25.8 Å². The second-order valence-corrected chi connectivity index (χ2v) is 5.29. The van der Waals surface area contributed by atoms with Gasteiger partial charge in [0.25, 0.3) is 0 Å². The highest BCUT2D eigenvalue weighted by Crippen LogP contribution is 2.30. The summed E-state index contributed by atoms with van der Waals surface area (Å²) in [6.45, 7) is 3.79. The first-order chi connectivity index (χ1) is 10.3. The number of halogens is 4. The molecule has 0 saturated carbocycles. The van der Waals surface area contributed by atoms with Crippen LogP contribution in [0, 0.1) is 0 Å². The minimum absolute atomic E-state index is 0.116. The maximum atomic E-state index is 12.7. The van der Waals surface area contributed by atoms with E-state index < -0.39 is 29.4 Å². The smallest absolute Gasteiger partial charge is 0.417 e. The Bertz CT molecular complexity index is 548. The van der Waals surface area contributed by atoms with Crippen LogP contribution in [0.4, 0.5) is 13.2 Å². The quantitative estimate of drug-likeness (QED) is 0.651. The number of rotatable bonds is 3. The SMILES string of the molecule is CC(OC(=O)c1cc(C(F)(F)F)cnc1Cl)[C@H]1CNCCN1. The highest BCUT2D eigenvalue weighted by Gasteiger charge is 2.33. The summed E-state index contributed by atoms with van der Waals surface area (Å²) in [6, 6.07) is 0.534. The number of piperazine rings is 1. The molecular weight excluding hydrogens is 323 g/mol. The summed E-state index contributed by atoms with van der Waals surface area (Å²) in [5.41, 5.74) is -1.44. The molecule has 22 heavy (non-hydrogen) atoms. The molecule has 1 saturated heterocycles. The van der Waals surface area contributed by atoms with Crippen LogP contribution in [0.15, 0.2) is 12.3 Å². The molecule has 5 nitrogen and oxygen atoms in total. The molecule has 1 unspecified atom stereocenters. The minimum Gasteiger partial charge on any atom is -0.457 e. The summed E-state index contributed by atoms with van der Waals surface area (Å²) >= 11 is 5.70. The highest BCUT2D eigenvalue weighted by atomic mass is 35.5. The number of alkyl halides is 3. The van der Waals surface area contributed by atoms with Crippen molar-refractivity contribution in [2.45, 2.75) is 25.2 Å². The van der Waals surface area contributed by atoms with Crippen LogP contribution in [-0.4, -0.2) is 42.7 Å². The van der Waals surface area contributed by atoms with E-state index in [0.29, 0.717) is 18.8 Å². The van der Waals surface area contributed by atoms with E-state index in [1.54, 1.807) is 6.92 Å². The Morgan fingerprint density at radius 1 is 1.50 bits per heavy atom. The molecule has 9 heteroatoms. The zero-order valence-electron chi connectivity index (χ0n) is 11.7. The Balaban J connectivity index is 2.11. The van der Waals surface area contributed by atoms with Gasteiger partial charge < -0.3 is 15.4 Å². The van der Waals surface area contributed by atoms with Gasteiger partial charge in [0.2, 0.25) is 0 Å². The molecular formula is C13H15ClF3N3O2. The summed E-state index contributed by atoms with van der Waals surface area (Å²) in [5.74, 6) is -0.927. The summed E-state index contributed by atoms with van der Waals surface area (Å²) < 4.78 is 43.2. The predicted octanol–water partition coefficient (Wildman–Crippen LogP) is 1.86. The molecule has 0 aliphatic carbocycles. The summed E-state index contributed by atoms with van der Waals surface area (Å²) in [6.07, 6.45) is -4.55. The van der Waals surface area contributed by atoms with Crippen molar-refractivity contribution in [3.8, 4) is 0 Å². The molecule has 1 aromatic heterocycles. The fraction of sp³-hybridized carbons (Fsp3) is 0.538. The van der Waals surface area contributed by atoms with Crippen LogP contribution in [0.5, 0.6) is 0 Å². The first-order valence-corrected chi connectivity index (χ1v) is 7.04. The van der Waals surface area contributed by atoms with Crippen molar-refractivity contribution in [3.05, 3.63) is 28.5 Å². The third kappa shape index (κ3) is 4.08. The van der Waals surface area contributed by atoms with Crippen LogP contribution < -0.4 is 10.6 Å². The topological polar surface area (TPSA) is 63.2 Å². The van der Waals surface area contributed by atoms with E-state index in [0.717, 1.165) is 13.1 Å². The van der Waals surface area contributed by atoms with E-state index in [2.05, 4.69) is 15.6 Å². The van der Waals surface area contributed by atoms with Gasteiger partial charge in [-0.3, -0.25) is 0 Å². The number of carbonyl (C=O) groups excluding carboxylic acids is 1. The monoisotopic (exact) mass is 337 g/mol. The second kappa shape index (κ2) is 6.80. The maximum Gasteiger partial charge on any atom is 0.417 e. The van der Waals surface area contributed by atoms with E-state index in [4.69, 9.17) is 16.3 Å². The van der Waals surface area contributed by atoms with Crippen LogP contribution in [0.25, 0.3) is 0 Å². The van der Waals surface area contributed by atoms with Crippen molar-refractivity contribution in [2.75, 3.05) is 19.6 Å². The van der Waals surface area contributed by atoms with Crippen LogP contribution in [0.1, 0.15) is 22.8 Å². The Morgan fingerprint density at radius 3 is 2.82 bits per heavy atom. The number of nitrogens with zero attached hydrogens (tertiary/aromatic N) is 1. The van der Waals surface area contributed by atoms with Crippen LogP contribution in [0.2, 0.25) is 5.15 Å². The molecule has 0 spiro atoms. The largest absolute Gasteiger partial charge is 0.457 e. The molecule has 2 atom stereocenters. The lowest BCUT2D eigenvalue weighted by Crippen LogP contribution is -2.54.